The molecule has 8 heteroatoms. The molecule has 1 aliphatic rings. The Balaban J connectivity index is 1.70. The minimum absolute atomic E-state index is 0.113. The van der Waals surface area contributed by atoms with Gasteiger partial charge in [0.1, 0.15) is 12.6 Å². The Labute approximate surface area is 251 Å². The largest absolute Gasteiger partial charge is 0.352 e. The molecule has 3 aromatic carbocycles. The summed E-state index contributed by atoms with van der Waals surface area (Å²) in [5.41, 5.74) is 4.19. The second kappa shape index (κ2) is 14.0. The van der Waals surface area contributed by atoms with Gasteiger partial charge in [0, 0.05) is 12.6 Å². The lowest BCUT2D eigenvalue weighted by Crippen LogP contribution is -2.54. The maximum Gasteiger partial charge on any atom is 0.264 e. The quantitative estimate of drug-likeness (QED) is 0.293. The van der Waals surface area contributed by atoms with E-state index in [9.17, 15) is 18.0 Å². The Hall–Kier alpha value is -3.65. The number of anilines is 1. The van der Waals surface area contributed by atoms with E-state index in [4.69, 9.17) is 0 Å². The van der Waals surface area contributed by atoms with E-state index < -0.39 is 28.5 Å². The van der Waals surface area contributed by atoms with Crippen molar-refractivity contribution in [3.63, 3.8) is 0 Å². The predicted molar refractivity (Wildman–Crippen MR) is 168 cm³/mol. The van der Waals surface area contributed by atoms with Crippen molar-refractivity contribution >= 4 is 27.5 Å². The monoisotopic (exact) mass is 589 g/mol. The summed E-state index contributed by atoms with van der Waals surface area (Å²) >= 11 is 0. The van der Waals surface area contributed by atoms with Gasteiger partial charge in [0.15, 0.2) is 0 Å². The van der Waals surface area contributed by atoms with Crippen LogP contribution < -0.4 is 9.62 Å². The second-order valence-corrected chi connectivity index (χ2v) is 13.3. The van der Waals surface area contributed by atoms with E-state index >= 15 is 0 Å². The zero-order valence-electron chi connectivity index (χ0n) is 25.2. The summed E-state index contributed by atoms with van der Waals surface area (Å²) in [5, 5.41) is 3.16. The normalized spacial score (nSPS) is 14.4. The fraction of sp³-hybridized carbons (Fsp3) is 0.412. The maximum absolute atomic E-state index is 14.2. The minimum Gasteiger partial charge on any atom is -0.352 e. The number of benzene rings is 3. The van der Waals surface area contributed by atoms with Gasteiger partial charge in [0.25, 0.3) is 10.0 Å². The van der Waals surface area contributed by atoms with Crippen LogP contribution in [0.5, 0.6) is 0 Å². The molecule has 1 fully saturated rings. The number of hydrogen-bond donors (Lipinski definition) is 1. The first kappa shape index (κ1) is 31.3. The van der Waals surface area contributed by atoms with Gasteiger partial charge >= 0.3 is 0 Å². The minimum atomic E-state index is -4.09. The van der Waals surface area contributed by atoms with Crippen molar-refractivity contribution < 1.29 is 18.0 Å². The summed E-state index contributed by atoms with van der Waals surface area (Å²) in [7, 11) is -4.09. The van der Waals surface area contributed by atoms with Gasteiger partial charge in [-0.05, 0) is 87.4 Å². The Morgan fingerprint density at radius 2 is 1.50 bits per heavy atom. The third-order valence-corrected chi connectivity index (χ3v) is 9.74. The van der Waals surface area contributed by atoms with Crippen LogP contribution in [0.3, 0.4) is 0 Å². The third kappa shape index (κ3) is 7.79. The van der Waals surface area contributed by atoms with Gasteiger partial charge in [-0.1, -0.05) is 73.9 Å². The van der Waals surface area contributed by atoms with Crippen molar-refractivity contribution in [2.75, 3.05) is 17.4 Å². The number of amides is 2. The highest BCUT2D eigenvalue weighted by molar-refractivity contribution is 7.92. The molecule has 224 valence electrons. The van der Waals surface area contributed by atoms with Gasteiger partial charge in [0.05, 0.1) is 10.6 Å². The van der Waals surface area contributed by atoms with Crippen molar-refractivity contribution in [3.8, 4) is 0 Å². The fourth-order valence-corrected chi connectivity index (χ4v) is 7.12. The molecule has 42 heavy (non-hydrogen) atoms. The Morgan fingerprint density at radius 3 is 2.10 bits per heavy atom. The van der Waals surface area contributed by atoms with E-state index in [-0.39, 0.29) is 16.8 Å². The molecule has 1 N–H and O–H groups in total. The van der Waals surface area contributed by atoms with E-state index in [0.717, 1.165) is 47.9 Å². The smallest absolute Gasteiger partial charge is 0.264 e. The summed E-state index contributed by atoms with van der Waals surface area (Å²) in [6.07, 6.45) is 5.02. The molecule has 0 aliphatic heterocycles. The summed E-state index contributed by atoms with van der Waals surface area (Å²) in [6, 6.07) is 21.4. The van der Waals surface area contributed by atoms with Crippen molar-refractivity contribution in [3.05, 3.63) is 95.1 Å². The molecule has 2 amide bonds. The molecule has 3 aromatic rings. The molecule has 1 atom stereocenters. The molecule has 0 spiro atoms. The van der Waals surface area contributed by atoms with Crippen molar-refractivity contribution in [2.24, 2.45) is 0 Å². The van der Waals surface area contributed by atoms with Crippen molar-refractivity contribution in [2.45, 2.75) is 83.2 Å². The number of nitrogens with zero attached hydrogens (tertiary/aromatic N) is 2. The van der Waals surface area contributed by atoms with E-state index in [2.05, 4.69) is 5.32 Å². The van der Waals surface area contributed by atoms with Gasteiger partial charge in [-0.2, -0.15) is 0 Å². The van der Waals surface area contributed by atoms with Gasteiger partial charge < -0.3 is 10.2 Å². The highest BCUT2D eigenvalue weighted by Gasteiger charge is 2.34. The SMILES string of the molecule is CC[C@@H](C(=O)NC1CCCC1)N(CCc1ccccc1)C(=O)CN(c1cc(C)cc(C)c1)S(=O)(=O)c1ccc(C)cc1. The number of aryl methyl sites for hydroxylation is 3. The molecule has 4 rings (SSSR count). The van der Waals surface area contributed by atoms with E-state index in [1.54, 1.807) is 41.3 Å². The summed E-state index contributed by atoms with van der Waals surface area (Å²) in [6.45, 7) is 7.48. The number of rotatable bonds is 12. The summed E-state index contributed by atoms with van der Waals surface area (Å²) in [5.74, 6) is -0.584. The molecule has 0 aromatic heterocycles. The highest BCUT2D eigenvalue weighted by atomic mass is 32.2. The van der Waals surface area contributed by atoms with Crippen LogP contribution in [0.1, 0.15) is 61.3 Å². The molecule has 1 aliphatic carbocycles. The highest BCUT2D eigenvalue weighted by Crippen LogP contribution is 2.27. The standard InChI is InChI=1S/C34H43N3O4S/c1-5-32(34(39)35-29-13-9-10-14-29)36(20-19-28-11-7-6-8-12-28)33(38)24-37(30-22-26(3)21-27(4)23-30)42(40,41)31-17-15-25(2)16-18-31/h6-8,11-12,15-18,21-23,29,32H,5,9-10,13-14,19-20,24H2,1-4H3,(H,35,39)/t32-/m0/s1. The van der Waals surface area contributed by atoms with Gasteiger partial charge in [-0.3, -0.25) is 13.9 Å². The molecular formula is C34H43N3O4S. The molecule has 0 heterocycles. The molecule has 0 radical (unpaired) electrons. The zero-order chi connectivity index (χ0) is 30.3. The van der Waals surface area contributed by atoms with Crippen molar-refractivity contribution in [1.82, 2.24) is 10.2 Å². The van der Waals surface area contributed by atoms with Crippen LogP contribution in [0.2, 0.25) is 0 Å². The number of hydrogen-bond acceptors (Lipinski definition) is 4. The molecule has 0 saturated heterocycles. The average Bonchev–Trinajstić information content (AvgIpc) is 3.47. The maximum atomic E-state index is 14.2. The average molecular weight is 590 g/mol. The molecule has 0 unspecified atom stereocenters. The third-order valence-electron chi connectivity index (χ3n) is 7.95. The number of carbonyl (C=O) groups is 2. The first-order chi connectivity index (χ1) is 20.1. The van der Waals surface area contributed by atoms with Crippen molar-refractivity contribution in [1.29, 1.82) is 0 Å². The van der Waals surface area contributed by atoms with Crippen LogP contribution >= 0.6 is 0 Å². The zero-order valence-corrected chi connectivity index (χ0v) is 26.0. The summed E-state index contributed by atoms with van der Waals surface area (Å²) in [4.78, 5) is 29.5. The van der Waals surface area contributed by atoms with E-state index in [1.807, 2.05) is 64.1 Å². The first-order valence-electron chi connectivity index (χ1n) is 14.9. The van der Waals surface area contributed by atoms with Gasteiger partial charge in [-0.25, -0.2) is 8.42 Å². The Morgan fingerprint density at radius 1 is 0.881 bits per heavy atom. The first-order valence-corrected chi connectivity index (χ1v) is 16.3. The Bertz CT molecular complexity index is 1450. The van der Waals surface area contributed by atoms with Gasteiger partial charge in [-0.15, -0.1) is 0 Å². The Kier molecular flexibility index (Phi) is 10.4. The lowest BCUT2D eigenvalue weighted by molar-refractivity contribution is -0.139. The lowest BCUT2D eigenvalue weighted by Gasteiger charge is -2.34. The molecule has 0 bridgehead atoms. The van der Waals surface area contributed by atoms with Crippen LogP contribution in [0, 0.1) is 20.8 Å². The fourth-order valence-electron chi connectivity index (χ4n) is 5.72. The van der Waals surface area contributed by atoms with Gasteiger partial charge in [0.2, 0.25) is 11.8 Å². The van der Waals surface area contributed by atoms with Crippen LogP contribution in [0.25, 0.3) is 0 Å². The van der Waals surface area contributed by atoms with Crippen LogP contribution in [0.15, 0.2) is 77.7 Å². The van der Waals surface area contributed by atoms with E-state index in [0.29, 0.717) is 25.1 Å². The predicted octanol–water partition coefficient (Wildman–Crippen LogP) is 5.72. The molecular weight excluding hydrogens is 546 g/mol. The van der Waals surface area contributed by atoms with Crippen LogP contribution in [0.4, 0.5) is 5.69 Å². The molecule has 7 nitrogen and oxygen atoms in total. The lowest BCUT2D eigenvalue weighted by atomic mass is 10.1. The topological polar surface area (TPSA) is 86.8 Å². The summed E-state index contributed by atoms with van der Waals surface area (Å²) < 4.78 is 29.4. The number of carbonyl (C=O) groups excluding carboxylic acids is 2. The van der Waals surface area contributed by atoms with E-state index in [1.165, 1.54) is 4.31 Å². The van der Waals surface area contributed by atoms with Crippen LogP contribution in [-0.4, -0.2) is 50.3 Å². The number of sulfonamides is 1. The molecule has 1 saturated carbocycles. The second-order valence-electron chi connectivity index (χ2n) is 11.4. The number of nitrogens with one attached hydrogen (secondary N) is 1. The van der Waals surface area contributed by atoms with Crippen LogP contribution in [-0.2, 0) is 26.0 Å².